The Kier molecular flexibility index (Phi) is 6.76. The lowest BCUT2D eigenvalue weighted by Gasteiger charge is -2.24. The van der Waals surface area contributed by atoms with Crippen LogP contribution in [-0.2, 0) is 15.6 Å². The van der Waals surface area contributed by atoms with E-state index in [4.69, 9.17) is 11.6 Å². The Morgan fingerprint density at radius 2 is 1.94 bits per heavy atom. The van der Waals surface area contributed by atoms with Crippen molar-refractivity contribution in [2.75, 3.05) is 16.2 Å². The van der Waals surface area contributed by atoms with Gasteiger partial charge in [0, 0.05) is 11.8 Å². The topological polar surface area (TPSA) is 84.3 Å². The number of hydrogen-bond donors (Lipinski definition) is 1. The van der Waals surface area contributed by atoms with E-state index in [0.717, 1.165) is 4.31 Å². The molecule has 3 aromatic rings. The van der Waals surface area contributed by atoms with Crippen molar-refractivity contribution in [3.63, 3.8) is 0 Å². The van der Waals surface area contributed by atoms with E-state index >= 15 is 0 Å². The van der Waals surface area contributed by atoms with Crippen LogP contribution in [0, 0.1) is 0 Å². The third kappa shape index (κ3) is 5.03. The minimum atomic E-state index is -4.00. The molecule has 168 valence electrons. The minimum absolute atomic E-state index is 0.0223. The maximum atomic E-state index is 13.4. The largest absolute Gasteiger partial charge is 0.319 e. The fourth-order valence-corrected chi connectivity index (χ4v) is 4.77. The maximum Gasteiger partial charge on any atom is 0.264 e. The Labute approximate surface area is 193 Å². The van der Waals surface area contributed by atoms with Crippen LogP contribution >= 0.6 is 11.6 Å². The highest BCUT2D eigenvalue weighted by molar-refractivity contribution is 7.92. The van der Waals surface area contributed by atoms with Gasteiger partial charge in [-0.1, -0.05) is 35.9 Å². The minimum Gasteiger partial charge on any atom is -0.319 e. The Morgan fingerprint density at radius 3 is 2.56 bits per heavy atom. The van der Waals surface area contributed by atoms with E-state index < -0.39 is 15.9 Å². The number of aromatic nitrogens is 2. The molecule has 0 aliphatic carbocycles. The first kappa shape index (κ1) is 23.6. The van der Waals surface area contributed by atoms with E-state index in [-0.39, 0.29) is 22.5 Å². The predicted octanol–water partition coefficient (Wildman–Crippen LogP) is 4.93. The Morgan fingerprint density at radius 1 is 1.22 bits per heavy atom. The normalized spacial score (nSPS) is 11.8. The van der Waals surface area contributed by atoms with Crippen LogP contribution in [0.4, 0.5) is 11.4 Å². The summed E-state index contributed by atoms with van der Waals surface area (Å²) in [6.07, 6.45) is 4.75. The number of sulfonamides is 1. The van der Waals surface area contributed by atoms with Gasteiger partial charge in [0.2, 0.25) is 0 Å². The average Bonchev–Trinajstić information content (AvgIpc) is 3.22. The van der Waals surface area contributed by atoms with Crippen LogP contribution in [0.2, 0.25) is 5.02 Å². The standard InChI is InChI=1S/C23H25ClN4O3S/c1-5-13-27(21-12-7-6-11-20(21)24)32(30,31)19-10-8-9-17(14-19)22(29)26-18-15-25-28(16-18)23(2,3)4/h5-12,14-16H,1,13H2,2-4H3,(H,26,29). The second-order valence-electron chi connectivity index (χ2n) is 8.10. The Hall–Kier alpha value is -3.10. The van der Waals surface area contributed by atoms with E-state index in [2.05, 4.69) is 17.0 Å². The number of para-hydroxylation sites is 1. The molecule has 2 aromatic carbocycles. The van der Waals surface area contributed by atoms with E-state index in [1.807, 2.05) is 20.8 Å². The molecular formula is C23H25ClN4O3S. The fourth-order valence-electron chi connectivity index (χ4n) is 2.98. The summed E-state index contributed by atoms with van der Waals surface area (Å²) in [6, 6.07) is 12.5. The third-order valence-electron chi connectivity index (χ3n) is 4.63. The first-order valence-electron chi connectivity index (χ1n) is 9.89. The highest BCUT2D eigenvalue weighted by Crippen LogP contribution is 2.30. The summed E-state index contributed by atoms with van der Waals surface area (Å²) in [5, 5.41) is 7.30. The number of nitrogens with one attached hydrogen (secondary N) is 1. The van der Waals surface area contributed by atoms with Gasteiger partial charge < -0.3 is 5.32 Å². The van der Waals surface area contributed by atoms with E-state index in [1.54, 1.807) is 47.4 Å². The number of nitrogens with zero attached hydrogens (tertiary/aromatic N) is 3. The van der Waals surface area contributed by atoms with Gasteiger partial charge in [0.25, 0.3) is 15.9 Å². The molecule has 7 nitrogen and oxygen atoms in total. The van der Waals surface area contributed by atoms with Crippen LogP contribution in [0.25, 0.3) is 0 Å². The van der Waals surface area contributed by atoms with E-state index in [9.17, 15) is 13.2 Å². The number of hydrogen-bond acceptors (Lipinski definition) is 4. The van der Waals surface area contributed by atoms with Crippen molar-refractivity contribution < 1.29 is 13.2 Å². The smallest absolute Gasteiger partial charge is 0.264 e. The molecule has 0 fully saturated rings. The molecule has 0 spiro atoms. The zero-order valence-corrected chi connectivity index (χ0v) is 19.7. The van der Waals surface area contributed by atoms with Crippen LogP contribution in [-0.4, -0.2) is 30.7 Å². The molecule has 0 unspecified atom stereocenters. The van der Waals surface area contributed by atoms with E-state index in [1.165, 1.54) is 24.3 Å². The fraction of sp³-hybridized carbons (Fsp3) is 0.217. The number of anilines is 2. The van der Waals surface area contributed by atoms with Gasteiger partial charge in [0.1, 0.15) is 0 Å². The van der Waals surface area contributed by atoms with Crippen molar-refractivity contribution >= 4 is 38.9 Å². The molecule has 0 saturated heterocycles. The molecule has 0 aliphatic rings. The van der Waals surface area contributed by atoms with Gasteiger partial charge in [-0.3, -0.25) is 13.8 Å². The number of rotatable bonds is 7. The SMILES string of the molecule is C=CCN(c1ccccc1Cl)S(=O)(=O)c1cccc(C(=O)Nc2cnn(C(C)(C)C)c2)c1. The molecular weight excluding hydrogens is 448 g/mol. The van der Waals surface area contributed by atoms with Gasteiger partial charge in [0.15, 0.2) is 0 Å². The quantitative estimate of drug-likeness (QED) is 0.494. The number of halogens is 1. The Bertz CT molecular complexity index is 1250. The van der Waals surface area contributed by atoms with Crippen LogP contribution in [0.1, 0.15) is 31.1 Å². The lowest BCUT2D eigenvalue weighted by atomic mass is 10.1. The molecule has 32 heavy (non-hydrogen) atoms. The summed E-state index contributed by atoms with van der Waals surface area (Å²) < 4.78 is 29.7. The van der Waals surface area contributed by atoms with Crippen molar-refractivity contribution in [2.24, 2.45) is 0 Å². The summed E-state index contributed by atoms with van der Waals surface area (Å²) in [4.78, 5) is 12.7. The maximum absolute atomic E-state index is 13.4. The first-order chi connectivity index (χ1) is 15.0. The van der Waals surface area contributed by atoms with Gasteiger partial charge in [-0.25, -0.2) is 8.42 Å². The molecule has 1 amide bonds. The molecule has 0 saturated carbocycles. The second-order valence-corrected chi connectivity index (χ2v) is 10.4. The lowest BCUT2D eigenvalue weighted by molar-refractivity contribution is 0.102. The van der Waals surface area contributed by atoms with Crippen LogP contribution < -0.4 is 9.62 Å². The third-order valence-corrected chi connectivity index (χ3v) is 6.72. The van der Waals surface area contributed by atoms with Gasteiger partial charge in [0.05, 0.1) is 39.6 Å². The highest BCUT2D eigenvalue weighted by atomic mass is 35.5. The van der Waals surface area contributed by atoms with Crippen molar-refractivity contribution in [3.05, 3.63) is 84.2 Å². The summed E-state index contributed by atoms with van der Waals surface area (Å²) in [6.45, 7) is 9.66. The number of carbonyl (C=O) groups excluding carboxylic acids is 1. The first-order valence-corrected chi connectivity index (χ1v) is 11.7. The monoisotopic (exact) mass is 472 g/mol. The van der Waals surface area contributed by atoms with E-state index in [0.29, 0.717) is 16.4 Å². The molecule has 9 heteroatoms. The molecule has 1 N–H and O–H groups in total. The number of benzene rings is 2. The lowest BCUT2D eigenvalue weighted by Crippen LogP contribution is -2.31. The molecule has 0 radical (unpaired) electrons. The van der Waals surface area contributed by atoms with Gasteiger partial charge in [-0.2, -0.15) is 5.10 Å². The Balaban J connectivity index is 1.91. The van der Waals surface area contributed by atoms with Gasteiger partial charge in [-0.15, -0.1) is 6.58 Å². The molecule has 0 atom stereocenters. The summed E-state index contributed by atoms with van der Waals surface area (Å²) in [5.41, 5.74) is 0.818. The average molecular weight is 473 g/mol. The summed E-state index contributed by atoms with van der Waals surface area (Å²) in [5.74, 6) is -0.441. The molecule has 3 rings (SSSR count). The summed E-state index contributed by atoms with van der Waals surface area (Å²) >= 11 is 6.24. The zero-order chi connectivity index (χ0) is 23.5. The zero-order valence-electron chi connectivity index (χ0n) is 18.1. The van der Waals surface area contributed by atoms with Crippen LogP contribution in [0.3, 0.4) is 0 Å². The predicted molar refractivity (Wildman–Crippen MR) is 128 cm³/mol. The van der Waals surface area contributed by atoms with Crippen molar-refractivity contribution in [3.8, 4) is 0 Å². The highest BCUT2D eigenvalue weighted by Gasteiger charge is 2.26. The molecule has 0 aliphatic heterocycles. The van der Waals surface area contributed by atoms with Crippen molar-refractivity contribution in [2.45, 2.75) is 31.2 Å². The summed E-state index contributed by atoms with van der Waals surface area (Å²) in [7, 11) is -4.00. The number of carbonyl (C=O) groups is 1. The van der Waals surface area contributed by atoms with Crippen molar-refractivity contribution in [1.82, 2.24) is 9.78 Å². The van der Waals surface area contributed by atoms with Crippen LogP contribution in [0.5, 0.6) is 0 Å². The van der Waals surface area contributed by atoms with Crippen LogP contribution in [0.15, 0.2) is 78.5 Å². The van der Waals surface area contributed by atoms with Gasteiger partial charge >= 0.3 is 0 Å². The molecule has 1 aromatic heterocycles. The molecule has 0 bridgehead atoms. The second kappa shape index (κ2) is 9.18. The number of amides is 1. The van der Waals surface area contributed by atoms with Crippen molar-refractivity contribution in [1.29, 1.82) is 0 Å². The molecule has 1 heterocycles. The van der Waals surface area contributed by atoms with Gasteiger partial charge in [-0.05, 0) is 51.1 Å².